The Bertz CT molecular complexity index is 196. The quantitative estimate of drug-likeness (QED) is 0.562. The normalized spacial score (nSPS) is 22.4. The van der Waals surface area contributed by atoms with Gasteiger partial charge in [-0.15, -0.1) is 0 Å². The van der Waals surface area contributed by atoms with E-state index in [4.69, 9.17) is 12.2 Å². The highest BCUT2D eigenvalue weighted by molar-refractivity contribution is 7.80. The number of nitrogens with one attached hydrogen (secondary N) is 2. The van der Waals surface area contributed by atoms with Crippen LogP contribution in [0.1, 0.15) is 32.6 Å². The number of hydrogen-bond acceptors (Lipinski definition) is 2. The zero-order valence-electron chi connectivity index (χ0n) is 9.88. The second-order valence-electron chi connectivity index (χ2n) is 4.24. The summed E-state index contributed by atoms with van der Waals surface area (Å²) in [5, 5.41) is 6.85. The standard InChI is InChI=1S/C11H23N3S/c1-10-6-3-4-8-14(10)9-5-7-13-11(15)12-2/h10H,3-9H2,1-2H3,(H2,12,13,15). The van der Waals surface area contributed by atoms with E-state index in [1.54, 1.807) is 0 Å². The molecule has 1 rings (SSSR count). The third kappa shape index (κ3) is 4.80. The second-order valence-corrected chi connectivity index (χ2v) is 4.65. The van der Waals surface area contributed by atoms with Crippen LogP contribution in [-0.2, 0) is 0 Å². The Labute approximate surface area is 98.6 Å². The van der Waals surface area contributed by atoms with Crippen molar-refractivity contribution in [3.05, 3.63) is 0 Å². The zero-order valence-corrected chi connectivity index (χ0v) is 10.7. The Morgan fingerprint density at radius 3 is 2.93 bits per heavy atom. The molecule has 2 N–H and O–H groups in total. The molecule has 3 nitrogen and oxygen atoms in total. The van der Waals surface area contributed by atoms with Gasteiger partial charge in [0.05, 0.1) is 0 Å². The second kappa shape index (κ2) is 7.01. The highest BCUT2D eigenvalue weighted by atomic mass is 32.1. The molecule has 1 fully saturated rings. The molecule has 4 heteroatoms. The smallest absolute Gasteiger partial charge is 0.166 e. The van der Waals surface area contributed by atoms with Crippen molar-refractivity contribution in [2.45, 2.75) is 38.6 Å². The van der Waals surface area contributed by atoms with Crippen molar-refractivity contribution in [3.8, 4) is 0 Å². The molecule has 0 radical (unpaired) electrons. The van der Waals surface area contributed by atoms with Gasteiger partial charge in [0.1, 0.15) is 0 Å². The highest BCUT2D eigenvalue weighted by Crippen LogP contribution is 2.15. The molecule has 0 aromatic carbocycles. The third-order valence-electron chi connectivity index (χ3n) is 3.08. The summed E-state index contributed by atoms with van der Waals surface area (Å²) < 4.78 is 0. The molecule has 1 aliphatic rings. The molecule has 0 aliphatic carbocycles. The lowest BCUT2D eigenvalue weighted by atomic mass is 10.0. The van der Waals surface area contributed by atoms with E-state index in [1.165, 1.54) is 38.8 Å². The number of nitrogens with zero attached hydrogens (tertiary/aromatic N) is 1. The van der Waals surface area contributed by atoms with E-state index in [1.807, 2.05) is 7.05 Å². The van der Waals surface area contributed by atoms with Gasteiger partial charge < -0.3 is 15.5 Å². The SMILES string of the molecule is CNC(=S)NCCCN1CCCCC1C. The van der Waals surface area contributed by atoms with E-state index in [9.17, 15) is 0 Å². The minimum atomic E-state index is 0.752. The number of likely N-dealkylation sites (tertiary alicyclic amines) is 1. The summed E-state index contributed by atoms with van der Waals surface area (Å²) in [6.07, 6.45) is 5.31. The molecule has 1 heterocycles. The van der Waals surface area contributed by atoms with Crippen LogP contribution in [0.5, 0.6) is 0 Å². The topological polar surface area (TPSA) is 27.3 Å². The molecule has 0 spiro atoms. The van der Waals surface area contributed by atoms with E-state index in [0.717, 1.165) is 17.7 Å². The Kier molecular flexibility index (Phi) is 5.95. The van der Waals surface area contributed by atoms with Crippen LogP contribution in [0.3, 0.4) is 0 Å². The summed E-state index contributed by atoms with van der Waals surface area (Å²) in [4.78, 5) is 2.59. The molecule has 1 atom stereocenters. The van der Waals surface area contributed by atoms with Crippen molar-refractivity contribution in [2.75, 3.05) is 26.7 Å². The molecule has 1 aliphatic heterocycles. The summed E-state index contributed by atoms with van der Waals surface area (Å²) >= 11 is 5.01. The largest absolute Gasteiger partial charge is 0.366 e. The Hall–Kier alpha value is -0.350. The highest BCUT2D eigenvalue weighted by Gasteiger charge is 2.16. The maximum absolute atomic E-state index is 5.01. The predicted molar refractivity (Wildman–Crippen MR) is 69.2 cm³/mol. The fourth-order valence-corrected chi connectivity index (χ4v) is 2.16. The van der Waals surface area contributed by atoms with Crippen LogP contribution in [0, 0.1) is 0 Å². The van der Waals surface area contributed by atoms with E-state index >= 15 is 0 Å². The first-order valence-corrected chi connectivity index (χ1v) is 6.34. The van der Waals surface area contributed by atoms with Gasteiger partial charge in [0.25, 0.3) is 0 Å². The van der Waals surface area contributed by atoms with Gasteiger partial charge in [-0.25, -0.2) is 0 Å². The van der Waals surface area contributed by atoms with Gasteiger partial charge in [-0.2, -0.15) is 0 Å². The molecule has 15 heavy (non-hydrogen) atoms. The predicted octanol–water partition coefficient (Wildman–Crippen LogP) is 1.34. The van der Waals surface area contributed by atoms with Crippen LogP contribution in [0.25, 0.3) is 0 Å². The monoisotopic (exact) mass is 229 g/mol. The summed E-state index contributed by atoms with van der Waals surface area (Å²) in [6, 6.07) is 0.773. The maximum Gasteiger partial charge on any atom is 0.166 e. The molecule has 88 valence electrons. The van der Waals surface area contributed by atoms with Crippen molar-refractivity contribution >= 4 is 17.3 Å². The van der Waals surface area contributed by atoms with Gasteiger partial charge in [-0.05, 0) is 44.9 Å². The lowest BCUT2D eigenvalue weighted by Crippen LogP contribution is -2.40. The van der Waals surface area contributed by atoms with Gasteiger partial charge >= 0.3 is 0 Å². The van der Waals surface area contributed by atoms with Crippen LogP contribution in [0.4, 0.5) is 0 Å². The first-order valence-electron chi connectivity index (χ1n) is 5.93. The van der Waals surface area contributed by atoms with Crippen molar-refractivity contribution in [3.63, 3.8) is 0 Å². The van der Waals surface area contributed by atoms with Crippen molar-refractivity contribution in [1.82, 2.24) is 15.5 Å². The van der Waals surface area contributed by atoms with Gasteiger partial charge in [-0.3, -0.25) is 0 Å². The number of piperidine rings is 1. The van der Waals surface area contributed by atoms with Gasteiger partial charge in [-0.1, -0.05) is 6.42 Å². The summed E-state index contributed by atoms with van der Waals surface area (Å²) in [7, 11) is 1.85. The molecule has 0 bridgehead atoms. The fraction of sp³-hybridized carbons (Fsp3) is 0.909. The van der Waals surface area contributed by atoms with Crippen LogP contribution in [0.2, 0.25) is 0 Å². The fourth-order valence-electron chi connectivity index (χ4n) is 2.06. The first kappa shape index (κ1) is 12.7. The maximum atomic E-state index is 5.01. The molecule has 1 saturated heterocycles. The Morgan fingerprint density at radius 2 is 2.27 bits per heavy atom. The van der Waals surface area contributed by atoms with Gasteiger partial charge in [0.2, 0.25) is 0 Å². The molecule has 1 unspecified atom stereocenters. The summed E-state index contributed by atoms with van der Waals surface area (Å²) in [6.45, 7) is 5.78. The van der Waals surface area contributed by atoms with Crippen molar-refractivity contribution in [1.29, 1.82) is 0 Å². The van der Waals surface area contributed by atoms with Crippen LogP contribution < -0.4 is 10.6 Å². The van der Waals surface area contributed by atoms with Gasteiger partial charge in [0, 0.05) is 26.2 Å². The third-order valence-corrected chi connectivity index (χ3v) is 3.42. The number of thiocarbonyl (C=S) groups is 1. The lowest BCUT2D eigenvalue weighted by Gasteiger charge is -2.33. The average molecular weight is 229 g/mol. The summed E-state index contributed by atoms with van der Waals surface area (Å²) in [5.74, 6) is 0. The Morgan fingerprint density at radius 1 is 1.47 bits per heavy atom. The number of rotatable bonds is 4. The minimum absolute atomic E-state index is 0.752. The molecule has 0 saturated carbocycles. The first-order chi connectivity index (χ1) is 7.24. The van der Waals surface area contributed by atoms with Crippen LogP contribution in [-0.4, -0.2) is 42.7 Å². The minimum Gasteiger partial charge on any atom is -0.366 e. The van der Waals surface area contributed by atoms with Crippen LogP contribution in [0.15, 0.2) is 0 Å². The van der Waals surface area contributed by atoms with Crippen molar-refractivity contribution < 1.29 is 0 Å². The average Bonchev–Trinajstić information content (AvgIpc) is 2.26. The Balaban J connectivity index is 2.06. The van der Waals surface area contributed by atoms with Crippen molar-refractivity contribution in [2.24, 2.45) is 0 Å². The van der Waals surface area contributed by atoms with E-state index in [0.29, 0.717) is 0 Å². The molecular weight excluding hydrogens is 206 g/mol. The molecule has 0 aromatic rings. The number of hydrogen-bond donors (Lipinski definition) is 2. The van der Waals surface area contributed by atoms with E-state index < -0.39 is 0 Å². The van der Waals surface area contributed by atoms with E-state index in [2.05, 4.69) is 22.5 Å². The molecule has 0 aromatic heterocycles. The molecular formula is C11H23N3S. The summed E-state index contributed by atoms with van der Waals surface area (Å²) in [5.41, 5.74) is 0. The lowest BCUT2D eigenvalue weighted by molar-refractivity contribution is 0.159. The zero-order chi connectivity index (χ0) is 11.1. The van der Waals surface area contributed by atoms with E-state index in [-0.39, 0.29) is 0 Å². The van der Waals surface area contributed by atoms with Gasteiger partial charge in [0.15, 0.2) is 5.11 Å². The van der Waals surface area contributed by atoms with Crippen LogP contribution >= 0.6 is 12.2 Å². The molecule has 0 amide bonds.